The molecule has 0 radical (unpaired) electrons. The molecule has 0 heterocycles. The number of ether oxygens (including phenoxy) is 1. The lowest BCUT2D eigenvalue weighted by atomic mass is 10.2. The Labute approximate surface area is 119 Å². The average Bonchev–Trinajstić information content (AvgIpc) is 2.34. The van der Waals surface area contributed by atoms with Crippen LogP contribution in [0.2, 0.25) is 0 Å². The number of rotatable bonds is 6. The predicted molar refractivity (Wildman–Crippen MR) is 76.7 cm³/mol. The standard InChI is InChI=1S/C13H20N2O4S/c1-4-15(9-13(16)19-5-2)20(17,18)12-7-10(3)6-11(14)8-12/h6-8H,4-5,9,14H2,1-3H3. The molecule has 2 N–H and O–H groups in total. The quantitative estimate of drug-likeness (QED) is 0.629. The van der Waals surface area contributed by atoms with Gasteiger partial charge in [-0.15, -0.1) is 0 Å². The van der Waals surface area contributed by atoms with Crippen molar-refractivity contribution in [2.24, 2.45) is 0 Å². The number of hydrogen-bond donors (Lipinski definition) is 1. The number of nitrogen functional groups attached to an aromatic ring is 1. The van der Waals surface area contributed by atoms with Crippen LogP contribution in [0.15, 0.2) is 23.1 Å². The lowest BCUT2D eigenvalue weighted by Gasteiger charge is -2.20. The first-order chi connectivity index (χ1) is 9.31. The number of anilines is 1. The van der Waals surface area contributed by atoms with Crippen molar-refractivity contribution in [3.8, 4) is 0 Å². The third-order valence-electron chi connectivity index (χ3n) is 2.67. The van der Waals surface area contributed by atoms with Gasteiger partial charge in [-0.05, 0) is 37.6 Å². The van der Waals surface area contributed by atoms with Crippen molar-refractivity contribution in [1.82, 2.24) is 4.31 Å². The summed E-state index contributed by atoms with van der Waals surface area (Å²) in [4.78, 5) is 11.6. The summed E-state index contributed by atoms with van der Waals surface area (Å²) < 4.78 is 30.8. The Kier molecular flexibility index (Phi) is 5.52. The van der Waals surface area contributed by atoms with Crippen molar-refractivity contribution in [1.29, 1.82) is 0 Å². The van der Waals surface area contributed by atoms with Crippen LogP contribution in [0.4, 0.5) is 5.69 Å². The molecule has 0 aliphatic carbocycles. The first-order valence-electron chi connectivity index (χ1n) is 6.34. The molecule has 1 aromatic rings. The molecule has 20 heavy (non-hydrogen) atoms. The molecule has 112 valence electrons. The van der Waals surface area contributed by atoms with Gasteiger partial charge in [-0.1, -0.05) is 6.92 Å². The van der Waals surface area contributed by atoms with Gasteiger partial charge in [-0.25, -0.2) is 8.42 Å². The van der Waals surface area contributed by atoms with Gasteiger partial charge in [-0.2, -0.15) is 4.31 Å². The number of sulfonamides is 1. The van der Waals surface area contributed by atoms with Crippen LogP contribution in [0.1, 0.15) is 19.4 Å². The zero-order chi connectivity index (χ0) is 15.3. The average molecular weight is 300 g/mol. The van der Waals surface area contributed by atoms with Crippen LogP contribution in [0.25, 0.3) is 0 Å². The highest BCUT2D eigenvalue weighted by Gasteiger charge is 2.26. The fourth-order valence-corrected chi connectivity index (χ4v) is 3.33. The van der Waals surface area contributed by atoms with Gasteiger partial charge in [-0.3, -0.25) is 4.79 Å². The molecule has 0 atom stereocenters. The van der Waals surface area contributed by atoms with Crippen molar-refractivity contribution in [2.45, 2.75) is 25.7 Å². The molecule has 6 nitrogen and oxygen atoms in total. The summed E-state index contributed by atoms with van der Waals surface area (Å²) in [5.41, 5.74) is 6.79. The normalized spacial score (nSPS) is 11.6. The molecule has 0 saturated carbocycles. The molecular weight excluding hydrogens is 280 g/mol. The van der Waals surface area contributed by atoms with Crippen LogP contribution < -0.4 is 5.73 Å². The summed E-state index contributed by atoms with van der Waals surface area (Å²) in [6, 6.07) is 4.59. The van der Waals surface area contributed by atoms with Gasteiger partial charge in [0, 0.05) is 12.2 Å². The summed E-state index contributed by atoms with van der Waals surface area (Å²) >= 11 is 0. The number of nitrogens with zero attached hydrogens (tertiary/aromatic N) is 1. The van der Waals surface area contributed by atoms with Gasteiger partial charge in [0.25, 0.3) is 0 Å². The lowest BCUT2D eigenvalue weighted by Crippen LogP contribution is -2.36. The van der Waals surface area contributed by atoms with E-state index in [4.69, 9.17) is 10.5 Å². The Bertz CT molecular complexity index is 564. The number of esters is 1. The number of carbonyl (C=O) groups is 1. The third-order valence-corrected chi connectivity index (χ3v) is 4.57. The molecule has 0 amide bonds. The van der Waals surface area contributed by atoms with Gasteiger partial charge >= 0.3 is 5.97 Å². The van der Waals surface area contributed by atoms with E-state index < -0.39 is 16.0 Å². The lowest BCUT2D eigenvalue weighted by molar-refractivity contribution is -0.143. The largest absolute Gasteiger partial charge is 0.465 e. The van der Waals surface area contributed by atoms with Crippen LogP contribution >= 0.6 is 0 Å². The van der Waals surface area contributed by atoms with Crippen molar-refractivity contribution >= 4 is 21.7 Å². The van der Waals surface area contributed by atoms with E-state index in [0.717, 1.165) is 9.87 Å². The topological polar surface area (TPSA) is 89.7 Å². The zero-order valence-electron chi connectivity index (χ0n) is 11.9. The van der Waals surface area contributed by atoms with Gasteiger partial charge in [0.1, 0.15) is 6.54 Å². The maximum atomic E-state index is 12.5. The first-order valence-corrected chi connectivity index (χ1v) is 7.78. The summed E-state index contributed by atoms with van der Waals surface area (Å²) in [6.07, 6.45) is 0. The Morgan fingerprint density at radius 3 is 2.45 bits per heavy atom. The second kappa shape index (κ2) is 6.71. The van der Waals surface area contributed by atoms with E-state index >= 15 is 0 Å². The second-order valence-electron chi connectivity index (χ2n) is 4.32. The first kappa shape index (κ1) is 16.5. The Hall–Kier alpha value is -1.60. The number of aryl methyl sites for hydroxylation is 1. The molecule has 0 aliphatic heterocycles. The SMILES string of the molecule is CCOC(=O)CN(CC)S(=O)(=O)c1cc(C)cc(N)c1. The van der Waals surface area contributed by atoms with Crippen LogP contribution in [-0.2, 0) is 19.6 Å². The molecule has 1 aromatic carbocycles. The summed E-state index contributed by atoms with van der Waals surface area (Å²) in [6.45, 7) is 5.18. The molecule has 0 fully saturated rings. The molecule has 7 heteroatoms. The summed E-state index contributed by atoms with van der Waals surface area (Å²) in [5, 5.41) is 0. The Balaban J connectivity index is 3.08. The summed E-state index contributed by atoms with van der Waals surface area (Å²) in [7, 11) is -3.76. The fraction of sp³-hybridized carbons (Fsp3) is 0.462. The minimum Gasteiger partial charge on any atom is -0.465 e. The van der Waals surface area contributed by atoms with Crippen LogP contribution in [0.3, 0.4) is 0 Å². The van der Waals surface area contributed by atoms with Crippen LogP contribution in [0.5, 0.6) is 0 Å². The Morgan fingerprint density at radius 1 is 1.30 bits per heavy atom. The monoisotopic (exact) mass is 300 g/mol. The number of benzene rings is 1. The second-order valence-corrected chi connectivity index (χ2v) is 6.25. The number of nitrogens with two attached hydrogens (primary N) is 1. The van der Waals surface area contributed by atoms with Crippen molar-refractivity contribution < 1.29 is 17.9 Å². The third kappa shape index (κ3) is 3.94. The Morgan fingerprint density at radius 2 is 1.95 bits per heavy atom. The number of likely N-dealkylation sites (N-methyl/N-ethyl adjacent to an activating group) is 1. The van der Waals surface area contributed by atoms with E-state index in [-0.39, 0.29) is 24.6 Å². The van der Waals surface area contributed by atoms with Crippen molar-refractivity contribution in [3.63, 3.8) is 0 Å². The van der Waals surface area contributed by atoms with Crippen molar-refractivity contribution in [2.75, 3.05) is 25.4 Å². The molecule has 1 rings (SSSR count). The highest BCUT2D eigenvalue weighted by Crippen LogP contribution is 2.20. The van der Waals surface area contributed by atoms with E-state index in [0.29, 0.717) is 5.69 Å². The summed E-state index contributed by atoms with van der Waals surface area (Å²) in [5.74, 6) is -0.571. The van der Waals surface area contributed by atoms with Crippen molar-refractivity contribution in [3.05, 3.63) is 23.8 Å². The maximum absolute atomic E-state index is 12.5. The van der Waals surface area contributed by atoms with Crippen LogP contribution in [0, 0.1) is 6.92 Å². The highest BCUT2D eigenvalue weighted by atomic mass is 32.2. The van der Waals surface area contributed by atoms with E-state index in [1.807, 2.05) is 0 Å². The molecule has 0 bridgehead atoms. The fourth-order valence-electron chi connectivity index (χ4n) is 1.79. The van der Waals surface area contributed by atoms with Gasteiger partial charge in [0.15, 0.2) is 0 Å². The van der Waals surface area contributed by atoms with E-state index in [2.05, 4.69) is 0 Å². The molecule has 0 aliphatic rings. The molecule has 0 saturated heterocycles. The van der Waals surface area contributed by atoms with E-state index in [9.17, 15) is 13.2 Å². The minimum absolute atomic E-state index is 0.0844. The number of hydrogen-bond acceptors (Lipinski definition) is 5. The maximum Gasteiger partial charge on any atom is 0.321 e. The highest BCUT2D eigenvalue weighted by molar-refractivity contribution is 7.89. The van der Waals surface area contributed by atoms with Gasteiger partial charge < -0.3 is 10.5 Å². The minimum atomic E-state index is -3.76. The molecular formula is C13H20N2O4S. The number of carbonyl (C=O) groups excluding carboxylic acids is 1. The van der Waals surface area contributed by atoms with Crippen LogP contribution in [-0.4, -0.2) is 38.4 Å². The smallest absolute Gasteiger partial charge is 0.321 e. The zero-order valence-corrected chi connectivity index (χ0v) is 12.7. The predicted octanol–water partition coefficient (Wildman–Crippen LogP) is 1.15. The van der Waals surface area contributed by atoms with E-state index in [1.165, 1.54) is 12.1 Å². The van der Waals surface area contributed by atoms with Gasteiger partial charge in [0.2, 0.25) is 10.0 Å². The molecule has 0 unspecified atom stereocenters. The molecule has 0 aromatic heterocycles. The van der Waals surface area contributed by atoms with E-state index in [1.54, 1.807) is 26.8 Å². The van der Waals surface area contributed by atoms with Gasteiger partial charge in [0.05, 0.1) is 11.5 Å². The molecule has 0 spiro atoms.